The summed E-state index contributed by atoms with van der Waals surface area (Å²) in [4.78, 5) is 14.6. The monoisotopic (exact) mass is 283 g/mol. The van der Waals surface area contributed by atoms with Gasteiger partial charge < -0.3 is 4.90 Å². The summed E-state index contributed by atoms with van der Waals surface area (Å²) in [6, 6.07) is 8.44. The molecule has 1 aliphatic heterocycles. The van der Waals surface area contributed by atoms with E-state index in [4.69, 9.17) is 0 Å². The number of aryl methyl sites for hydroxylation is 1. The number of carbonyl (C=O) groups excluding carboxylic acids is 1. The lowest BCUT2D eigenvalue weighted by Crippen LogP contribution is -2.33. The molecule has 1 aromatic heterocycles. The minimum atomic E-state index is 0.155. The van der Waals surface area contributed by atoms with E-state index in [9.17, 15) is 4.79 Å². The molecule has 110 valence electrons. The van der Waals surface area contributed by atoms with E-state index in [1.807, 2.05) is 17.2 Å². The van der Waals surface area contributed by atoms with E-state index in [-0.39, 0.29) is 11.9 Å². The second-order valence-electron chi connectivity index (χ2n) is 5.74. The van der Waals surface area contributed by atoms with Crippen molar-refractivity contribution in [2.75, 3.05) is 6.54 Å². The van der Waals surface area contributed by atoms with Crippen LogP contribution in [0.15, 0.2) is 36.7 Å². The summed E-state index contributed by atoms with van der Waals surface area (Å²) in [5, 5.41) is 4.13. The van der Waals surface area contributed by atoms with Crippen molar-refractivity contribution in [1.82, 2.24) is 14.7 Å². The summed E-state index contributed by atoms with van der Waals surface area (Å²) in [6.07, 6.45) is 5.67. The van der Waals surface area contributed by atoms with Crippen LogP contribution in [0.25, 0.3) is 0 Å². The van der Waals surface area contributed by atoms with Crippen molar-refractivity contribution >= 4 is 5.91 Å². The van der Waals surface area contributed by atoms with E-state index in [1.54, 1.807) is 10.9 Å². The molecule has 1 unspecified atom stereocenters. The largest absolute Gasteiger partial charge is 0.334 e. The van der Waals surface area contributed by atoms with Gasteiger partial charge in [-0.25, -0.2) is 0 Å². The maximum Gasteiger partial charge on any atom is 0.244 e. The highest BCUT2D eigenvalue weighted by Crippen LogP contribution is 2.34. The molecule has 21 heavy (non-hydrogen) atoms. The standard InChI is InChI=1S/C17H21N3O/c1-13-6-3-7-15(14(13)2)16-8-4-11-20(16)17(21)12-19-10-5-9-18-19/h3,5-7,9-10,16H,4,8,11-12H2,1-2H3. The van der Waals surface area contributed by atoms with Crippen LogP contribution in [0.5, 0.6) is 0 Å². The topological polar surface area (TPSA) is 38.1 Å². The minimum absolute atomic E-state index is 0.155. The first-order valence-electron chi connectivity index (χ1n) is 7.50. The van der Waals surface area contributed by atoms with Gasteiger partial charge in [0.1, 0.15) is 6.54 Å². The second kappa shape index (κ2) is 5.72. The fourth-order valence-corrected chi connectivity index (χ4v) is 3.15. The van der Waals surface area contributed by atoms with Crippen LogP contribution in [0, 0.1) is 13.8 Å². The van der Waals surface area contributed by atoms with E-state index in [0.717, 1.165) is 19.4 Å². The highest BCUT2D eigenvalue weighted by Gasteiger charge is 2.30. The number of amides is 1. The predicted molar refractivity (Wildman–Crippen MR) is 81.8 cm³/mol. The smallest absolute Gasteiger partial charge is 0.244 e. The highest BCUT2D eigenvalue weighted by atomic mass is 16.2. The molecular weight excluding hydrogens is 262 g/mol. The third-order valence-electron chi connectivity index (χ3n) is 4.44. The van der Waals surface area contributed by atoms with Crippen LogP contribution in [-0.2, 0) is 11.3 Å². The molecule has 0 spiro atoms. The van der Waals surface area contributed by atoms with Crippen LogP contribution in [-0.4, -0.2) is 27.1 Å². The lowest BCUT2D eigenvalue weighted by Gasteiger charge is -2.27. The zero-order valence-electron chi connectivity index (χ0n) is 12.6. The number of hydrogen-bond acceptors (Lipinski definition) is 2. The molecule has 1 aromatic carbocycles. The molecule has 2 aromatic rings. The number of likely N-dealkylation sites (tertiary alicyclic amines) is 1. The van der Waals surface area contributed by atoms with Gasteiger partial charge in [-0.1, -0.05) is 18.2 Å². The Bertz CT molecular complexity index is 633. The Morgan fingerprint density at radius 2 is 2.19 bits per heavy atom. The van der Waals surface area contributed by atoms with E-state index in [1.165, 1.54) is 16.7 Å². The van der Waals surface area contributed by atoms with Gasteiger partial charge in [0.25, 0.3) is 0 Å². The van der Waals surface area contributed by atoms with Gasteiger partial charge in [-0.3, -0.25) is 9.48 Å². The first-order chi connectivity index (χ1) is 10.2. The average molecular weight is 283 g/mol. The molecule has 1 atom stereocenters. The van der Waals surface area contributed by atoms with E-state index < -0.39 is 0 Å². The quantitative estimate of drug-likeness (QED) is 0.868. The maximum atomic E-state index is 12.6. The van der Waals surface area contributed by atoms with Crippen LogP contribution in [0.1, 0.15) is 35.6 Å². The Balaban J connectivity index is 1.82. The van der Waals surface area contributed by atoms with Crippen molar-refractivity contribution in [1.29, 1.82) is 0 Å². The Hall–Kier alpha value is -2.10. The van der Waals surface area contributed by atoms with Crippen molar-refractivity contribution in [3.63, 3.8) is 0 Å². The summed E-state index contributed by atoms with van der Waals surface area (Å²) < 4.78 is 1.70. The Morgan fingerprint density at radius 1 is 1.33 bits per heavy atom. The first kappa shape index (κ1) is 13.9. The van der Waals surface area contributed by atoms with Crippen LogP contribution < -0.4 is 0 Å². The normalized spacial score (nSPS) is 18.2. The molecule has 0 N–H and O–H groups in total. The highest BCUT2D eigenvalue weighted by molar-refractivity contribution is 5.76. The van der Waals surface area contributed by atoms with E-state index in [2.05, 4.69) is 37.1 Å². The zero-order chi connectivity index (χ0) is 14.8. The van der Waals surface area contributed by atoms with Gasteiger partial charge in [0.05, 0.1) is 6.04 Å². The SMILES string of the molecule is Cc1cccc(C2CCCN2C(=O)Cn2cccn2)c1C. The fourth-order valence-electron chi connectivity index (χ4n) is 3.15. The summed E-state index contributed by atoms with van der Waals surface area (Å²) in [6.45, 7) is 5.45. The second-order valence-corrected chi connectivity index (χ2v) is 5.74. The van der Waals surface area contributed by atoms with Gasteiger partial charge in [0, 0.05) is 18.9 Å². The third-order valence-corrected chi connectivity index (χ3v) is 4.44. The lowest BCUT2D eigenvalue weighted by molar-refractivity contribution is -0.133. The van der Waals surface area contributed by atoms with Crippen molar-refractivity contribution < 1.29 is 4.79 Å². The van der Waals surface area contributed by atoms with Crippen LogP contribution >= 0.6 is 0 Å². The number of rotatable bonds is 3. The van der Waals surface area contributed by atoms with Crippen molar-refractivity contribution in [3.05, 3.63) is 53.3 Å². The lowest BCUT2D eigenvalue weighted by atomic mass is 9.96. The molecule has 0 saturated carbocycles. The Labute approximate surface area is 125 Å². The molecule has 0 bridgehead atoms. The van der Waals surface area contributed by atoms with E-state index in [0.29, 0.717) is 6.54 Å². The number of hydrogen-bond donors (Lipinski definition) is 0. The number of carbonyl (C=O) groups is 1. The molecule has 1 amide bonds. The van der Waals surface area contributed by atoms with Gasteiger partial charge in [0.15, 0.2) is 0 Å². The number of aromatic nitrogens is 2. The van der Waals surface area contributed by atoms with Crippen molar-refractivity contribution in [2.45, 2.75) is 39.3 Å². The van der Waals surface area contributed by atoms with Crippen LogP contribution in [0.2, 0.25) is 0 Å². The first-order valence-corrected chi connectivity index (χ1v) is 7.50. The number of benzene rings is 1. The van der Waals surface area contributed by atoms with Crippen LogP contribution in [0.4, 0.5) is 0 Å². The van der Waals surface area contributed by atoms with Gasteiger partial charge >= 0.3 is 0 Å². The van der Waals surface area contributed by atoms with Crippen molar-refractivity contribution in [2.24, 2.45) is 0 Å². The molecule has 4 heteroatoms. The molecule has 0 aliphatic carbocycles. The Morgan fingerprint density at radius 3 is 2.95 bits per heavy atom. The van der Waals surface area contributed by atoms with Gasteiger partial charge in [0.2, 0.25) is 5.91 Å². The third kappa shape index (κ3) is 2.71. The number of nitrogens with zero attached hydrogens (tertiary/aromatic N) is 3. The molecule has 1 saturated heterocycles. The molecule has 1 aliphatic rings. The van der Waals surface area contributed by atoms with Gasteiger partial charge in [-0.05, 0) is 49.4 Å². The average Bonchev–Trinajstić information content (AvgIpc) is 3.12. The fraction of sp³-hybridized carbons (Fsp3) is 0.412. The summed E-state index contributed by atoms with van der Waals surface area (Å²) in [7, 11) is 0. The van der Waals surface area contributed by atoms with Crippen LogP contribution in [0.3, 0.4) is 0 Å². The summed E-state index contributed by atoms with van der Waals surface area (Å²) in [5.41, 5.74) is 3.89. The van der Waals surface area contributed by atoms with Crippen molar-refractivity contribution in [3.8, 4) is 0 Å². The molecular formula is C17H21N3O. The molecule has 0 radical (unpaired) electrons. The molecule has 1 fully saturated rings. The maximum absolute atomic E-state index is 12.6. The van der Waals surface area contributed by atoms with Gasteiger partial charge in [-0.2, -0.15) is 5.10 Å². The summed E-state index contributed by atoms with van der Waals surface area (Å²) in [5.74, 6) is 0.155. The molecule has 2 heterocycles. The van der Waals surface area contributed by atoms with Gasteiger partial charge in [-0.15, -0.1) is 0 Å². The molecule has 4 nitrogen and oxygen atoms in total. The minimum Gasteiger partial charge on any atom is -0.334 e. The van der Waals surface area contributed by atoms with E-state index >= 15 is 0 Å². The Kier molecular flexibility index (Phi) is 3.78. The summed E-state index contributed by atoms with van der Waals surface area (Å²) >= 11 is 0. The zero-order valence-corrected chi connectivity index (χ0v) is 12.6. The predicted octanol–water partition coefficient (Wildman–Crippen LogP) is 2.86. The molecule has 3 rings (SSSR count).